The quantitative estimate of drug-likeness (QED) is 0.740. The summed E-state index contributed by atoms with van der Waals surface area (Å²) in [5.41, 5.74) is 0.770. The maximum atomic E-state index is 14.0. The molecule has 0 saturated carbocycles. The zero-order valence-electron chi connectivity index (χ0n) is 16.9. The van der Waals surface area contributed by atoms with Gasteiger partial charge in [0.05, 0.1) is 12.2 Å². The van der Waals surface area contributed by atoms with Gasteiger partial charge in [-0.15, -0.1) is 5.10 Å². The first-order valence-corrected chi connectivity index (χ1v) is 10.2. The summed E-state index contributed by atoms with van der Waals surface area (Å²) in [4.78, 5) is 14.9. The maximum absolute atomic E-state index is 14.0. The lowest BCUT2D eigenvalue weighted by molar-refractivity contribution is 0.0921. The predicted molar refractivity (Wildman–Crippen MR) is 107 cm³/mol. The Hall–Kier alpha value is -2.28. The van der Waals surface area contributed by atoms with Crippen molar-refractivity contribution in [1.29, 1.82) is 0 Å². The Morgan fingerprint density at radius 1 is 1.29 bits per heavy atom. The Balaban J connectivity index is 1.50. The number of likely N-dealkylation sites (tertiary alicyclic amines) is 1. The highest BCUT2D eigenvalue weighted by atomic mass is 19.1. The maximum Gasteiger partial charge on any atom is 0.273 e. The van der Waals surface area contributed by atoms with Crippen LogP contribution in [0.15, 0.2) is 30.5 Å². The normalized spacial score (nSPS) is 21.4. The summed E-state index contributed by atoms with van der Waals surface area (Å²) in [6.45, 7) is 7.98. The minimum absolute atomic E-state index is 0.244. The Labute approximate surface area is 166 Å². The molecule has 1 amide bonds. The van der Waals surface area contributed by atoms with Gasteiger partial charge in [0, 0.05) is 30.7 Å². The second-order valence-corrected chi connectivity index (χ2v) is 7.76. The minimum atomic E-state index is -0.336. The van der Waals surface area contributed by atoms with Crippen LogP contribution in [0.1, 0.15) is 68.5 Å². The Kier molecular flexibility index (Phi) is 6.78. The van der Waals surface area contributed by atoms with Gasteiger partial charge in [-0.25, -0.2) is 9.07 Å². The van der Waals surface area contributed by atoms with E-state index in [1.165, 1.54) is 30.0 Å². The monoisotopic (exact) mass is 387 g/mol. The molecule has 1 aliphatic rings. The number of amides is 1. The molecule has 0 radical (unpaired) electrons. The zero-order valence-corrected chi connectivity index (χ0v) is 16.9. The molecule has 152 valence electrons. The molecule has 28 heavy (non-hydrogen) atoms. The van der Waals surface area contributed by atoms with Crippen LogP contribution in [-0.4, -0.2) is 51.0 Å². The lowest BCUT2D eigenvalue weighted by Crippen LogP contribution is -2.44. The molecule has 1 N–H and O–H groups in total. The van der Waals surface area contributed by atoms with E-state index in [4.69, 9.17) is 0 Å². The van der Waals surface area contributed by atoms with Crippen LogP contribution in [0.4, 0.5) is 4.39 Å². The zero-order chi connectivity index (χ0) is 20.1. The molecule has 7 heteroatoms. The number of halogens is 1. The number of rotatable bonds is 7. The van der Waals surface area contributed by atoms with Crippen LogP contribution in [0.3, 0.4) is 0 Å². The molecule has 2 aromatic rings. The first-order valence-electron chi connectivity index (χ1n) is 10.2. The van der Waals surface area contributed by atoms with Gasteiger partial charge in [-0.05, 0) is 46.1 Å². The average Bonchev–Trinajstić information content (AvgIpc) is 3.17. The fourth-order valence-corrected chi connectivity index (χ4v) is 4.00. The first-order chi connectivity index (χ1) is 13.5. The van der Waals surface area contributed by atoms with E-state index in [1.54, 1.807) is 24.4 Å². The number of hydrogen-bond acceptors (Lipinski definition) is 4. The van der Waals surface area contributed by atoms with E-state index < -0.39 is 0 Å². The second-order valence-electron chi connectivity index (χ2n) is 7.76. The van der Waals surface area contributed by atoms with Gasteiger partial charge in [0.25, 0.3) is 5.91 Å². The number of carbonyl (C=O) groups excluding carboxylic acids is 1. The summed E-state index contributed by atoms with van der Waals surface area (Å²) in [5, 5.41) is 10.9. The van der Waals surface area contributed by atoms with Crippen molar-refractivity contribution in [3.05, 3.63) is 47.5 Å². The molecule has 6 nitrogen and oxygen atoms in total. The largest absolute Gasteiger partial charge is 0.351 e. The van der Waals surface area contributed by atoms with E-state index >= 15 is 0 Å². The summed E-state index contributed by atoms with van der Waals surface area (Å²) in [5.74, 6) is -0.538. The topological polar surface area (TPSA) is 63.1 Å². The van der Waals surface area contributed by atoms with Crippen molar-refractivity contribution in [2.24, 2.45) is 0 Å². The van der Waals surface area contributed by atoms with Gasteiger partial charge in [0.2, 0.25) is 0 Å². The third kappa shape index (κ3) is 4.76. The van der Waals surface area contributed by atoms with E-state index in [9.17, 15) is 9.18 Å². The minimum Gasteiger partial charge on any atom is -0.351 e. The fraction of sp³-hybridized carbons (Fsp3) is 0.571. The Morgan fingerprint density at radius 3 is 2.71 bits per heavy atom. The second kappa shape index (κ2) is 9.28. The van der Waals surface area contributed by atoms with Crippen molar-refractivity contribution in [1.82, 2.24) is 25.2 Å². The Morgan fingerprint density at radius 2 is 2.00 bits per heavy atom. The number of benzene rings is 1. The molecule has 1 aromatic heterocycles. The standard InChI is InChI=1S/C21H30FN5O/c1-15-8-6-9-16(2)26(15)13-7-12-23-21(28)20-14-27(25-24-20)17(3)18-10-4-5-11-19(18)22/h4-5,10-11,14-17H,6-9,12-13H2,1-3H3,(H,23,28)/t15-,16-,17-/m0/s1. The third-order valence-corrected chi connectivity index (χ3v) is 5.75. The highest BCUT2D eigenvalue weighted by Gasteiger charge is 2.24. The molecule has 1 saturated heterocycles. The summed E-state index contributed by atoms with van der Waals surface area (Å²) in [6, 6.07) is 7.45. The van der Waals surface area contributed by atoms with Crippen molar-refractivity contribution >= 4 is 5.91 Å². The number of nitrogens with one attached hydrogen (secondary N) is 1. The summed E-state index contributed by atoms with van der Waals surface area (Å²) in [7, 11) is 0. The molecule has 1 fully saturated rings. The molecule has 2 heterocycles. The van der Waals surface area contributed by atoms with E-state index in [1.807, 2.05) is 6.92 Å². The summed E-state index contributed by atoms with van der Waals surface area (Å²) in [6.07, 6.45) is 6.28. The summed E-state index contributed by atoms with van der Waals surface area (Å²) < 4.78 is 15.5. The lowest BCUT2D eigenvalue weighted by Gasteiger charge is -2.39. The van der Waals surface area contributed by atoms with Gasteiger partial charge >= 0.3 is 0 Å². The average molecular weight is 388 g/mol. The van der Waals surface area contributed by atoms with Crippen molar-refractivity contribution in [2.75, 3.05) is 13.1 Å². The molecule has 3 rings (SSSR count). The number of nitrogens with zero attached hydrogens (tertiary/aromatic N) is 4. The van der Waals surface area contributed by atoms with Gasteiger partial charge in [-0.3, -0.25) is 9.69 Å². The number of hydrogen-bond donors (Lipinski definition) is 1. The van der Waals surface area contributed by atoms with Crippen LogP contribution in [0.25, 0.3) is 0 Å². The lowest BCUT2D eigenvalue weighted by atomic mass is 9.97. The van der Waals surface area contributed by atoms with Crippen molar-refractivity contribution in [3.63, 3.8) is 0 Å². The van der Waals surface area contributed by atoms with Gasteiger partial charge in [-0.2, -0.15) is 0 Å². The van der Waals surface area contributed by atoms with Crippen LogP contribution < -0.4 is 5.32 Å². The van der Waals surface area contributed by atoms with Crippen LogP contribution in [0.5, 0.6) is 0 Å². The van der Waals surface area contributed by atoms with Crippen molar-refractivity contribution in [3.8, 4) is 0 Å². The molecule has 0 aliphatic carbocycles. The number of aromatic nitrogens is 3. The van der Waals surface area contributed by atoms with Crippen LogP contribution in [0.2, 0.25) is 0 Å². The molecular weight excluding hydrogens is 357 g/mol. The molecule has 0 bridgehead atoms. The predicted octanol–water partition coefficient (Wildman–Crippen LogP) is 3.41. The smallest absolute Gasteiger partial charge is 0.273 e. The van der Waals surface area contributed by atoms with E-state index in [0.717, 1.165) is 13.0 Å². The van der Waals surface area contributed by atoms with E-state index in [0.29, 0.717) is 24.2 Å². The van der Waals surface area contributed by atoms with Crippen LogP contribution in [-0.2, 0) is 0 Å². The van der Waals surface area contributed by atoms with Gasteiger partial charge in [0.1, 0.15) is 5.82 Å². The highest BCUT2D eigenvalue weighted by molar-refractivity contribution is 5.91. The fourth-order valence-electron chi connectivity index (χ4n) is 4.00. The first kappa shape index (κ1) is 20.5. The molecule has 1 aromatic carbocycles. The van der Waals surface area contributed by atoms with Gasteiger partial charge < -0.3 is 5.32 Å². The molecule has 0 spiro atoms. The molecular formula is C21H30FN5O. The number of carbonyl (C=O) groups is 1. The molecule has 3 atom stereocenters. The van der Waals surface area contributed by atoms with Crippen LogP contribution >= 0.6 is 0 Å². The van der Waals surface area contributed by atoms with Gasteiger partial charge in [0.15, 0.2) is 5.69 Å². The molecule has 0 unspecified atom stereocenters. The van der Waals surface area contributed by atoms with Gasteiger partial charge in [-0.1, -0.05) is 29.8 Å². The van der Waals surface area contributed by atoms with E-state index in [2.05, 4.69) is 34.4 Å². The van der Waals surface area contributed by atoms with Crippen molar-refractivity contribution < 1.29 is 9.18 Å². The summed E-state index contributed by atoms with van der Waals surface area (Å²) >= 11 is 0. The van der Waals surface area contributed by atoms with E-state index in [-0.39, 0.29) is 23.5 Å². The van der Waals surface area contributed by atoms with Crippen molar-refractivity contribution in [2.45, 2.75) is 64.6 Å². The SMILES string of the molecule is C[C@H]1CCC[C@H](C)N1CCCNC(=O)c1cn([C@@H](C)c2ccccc2F)nn1. The number of piperidine rings is 1. The molecule has 1 aliphatic heterocycles. The third-order valence-electron chi connectivity index (χ3n) is 5.75. The van der Waals surface area contributed by atoms with Crippen LogP contribution in [0, 0.1) is 5.82 Å². The highest BCUT2D eigenvalue weighted by Crippen LogP contribution is 2.22. The Bertz CT molecular complexity index is 783.